The highest BCUT2D eigenvalue weighted by Crippen LogP contribution is 2.13. The molecule has 0 rings (SSSR count). The van der Waals surface area contributed by atoms with Crippen molar-refractivity contribution in [2.75, 3.05) is 19.8 Å². The van der Waals surface area contributed by atoms with Gasteiger partial charge in [0.05, 0.1) is 6.61 Å². The number of carbonyl (C=O) groups excluding carboxylic acids is 2. The fraction of sp³-hybridized carbons (Fsp3) is 0.725. The maximum absolute atomic E-state index is 12.7. The zero-order valence-electron chi connectivity index (χ0n) is 36.9. The molecule has 0 aliphatic heterocycles. The van der Waals surface area contributed by atoms with E-state index >= 15 is 0 Å². The molecule has 0 bridgehead atoms. The number of esters is 2. The summed E-state index contributed by atoms with van der Waals surface area (Å²) >= 11 is 0. The molecule has 0 amide bonds. The van der Waals surface area contributed by atoms with Gasteiger partial charge in [0.2, 0.25) is 0 Å². The molecule has 5 nitrogen and oxygen atoms in total. The van der Waals surface area contributed by atoms with Gasteiger partial charge in [-0.2, -0.15) is 0 Å². The highest BCUT2D eigenvalue weighted by atomic mass is 16.6. The van der Waals surface area contributed by atoms with E-state index in [-0.39, 0.29) is 25.2 Å². The smallest absolute Gasteiger partial charge is 0.306 e. The molecule has 56 heavy (non-hydrogen) atoms. The molecule has 0 saturated carbocycles. The molecule has 0 heterocycles. The molecule has 0 aromatic carbocycles. The lowest BCUT2D eigenvalue weighted by Crippen LogP contribution is -2.30. The van der Waals surface area contributed by atoms with E-state index in [1.165, 1.54) is 116 Å². The summed E-state index contributed by atoms with van der Waals surface area (Å²) in [4.78, 5) is 25.2. The van der Waals surface area contributed by atoms with Crippen molar-refractivity contribution in [1.29, 1.82) is 0 Å². The van der Waals surface area contributed by atoms with E-state index < -0.39 is 6.10 Å². The number of hydrogen-bond donors (Lipinski definition) is 0. The topological polar surface area (TPSA) is 61.8 Å². The molecule has 0 aromatic rings. The molecule has 0 aliphatic carbocycles. The summed E-state index contributed by atoms with van der Waals surface area (Å²) in [5, 5.41) is 0. The van der Waals surface area contributed by atoms with E-state index in [1.54, 1.807) is 0 Å². The number of unbranched alkanes of at least 4 members (excludes halogenated alkanes) is 19. The van der Waals surface area contributed by atoms with Crippen molar-refractivity contribution >= 4 is 11.9 Å². The third-order valence-electron chi connectivity index (χ3n) is 9.74. The van der Waals surface area contributed by atoms with Crippen LogP contribution in [0.5, 0.6) is 0 Å². The number of allylic oxidation sites excluding steroid dienone is 12. The number of rotatable bonds is 42. The predicted octanol–water partition coefficient (Wildman–Crippen LogP) is 15.6. The van der Waals surface area contributed by atoms with Gasteiger partial charge in [-0.15, -0.1) is 0 Å². The van der Waals surface area contributed by atoms with Gasteiger partial charge < -0.3 is 14.2 Å². The molecule has 0 fully saturated rings. The summed E-state index contributed by atoms with van der Waals surface area (Å²) in [6.07, 6.45) is 59.1. The Morgan fingerprint density at radius 2 is 0.839 bits per heavy atom. The Bertz CT molecular complexity index is 1020. The third kappa shape index (κ3) is 44.1. The van der Waals surface area contributed by atoms with Crippen molar-refractivity contribution in [3.05, 3.63) is 72.9 Å². The highest BCUT2D eigenvalue weighted by molar-refractivity contribution is 5.70. The van der Waals surface area contributed by atoms with Crippen molar-refractivity contribution in [2.45, 2.75) is 219 Å². The standard InChI is InChI=1S/C51H88O5/c1-4-7-10-13-16-19-22-24-25-26-28-31-34-37-40-43-46-54-47-49(56-51(53)45-42-39-36-33-29-21-18-15-12-9-6-3)48-55-50(52)44-41-38-35-32-30-27-23-20-17-14-11-8-5-2/h8,11,16-17,19-20,24-25,27,30,35,38,49H,4-7,9-10,12-15,18,21-23,26,28-29,31-34,36-37,39-48H2,1-3H3/b11-8-,19-16-,20-17-,25-24-,30-27-,38-35-. The van der Waals surface area contributed by atoms with Crippen LogP contribution in [0.2, 0.25) is 0 Å². The maximum atomic E-state index is 12.7. The molecule has 0 spiro atoms. The first-order valence-corrected chi connectivity index (χ1v) is 23.5. The Kier molecular flexibility index (Phi) is 44.5. The molecule has 0 aromatic heterocycles. The summed E-state index contributed by atoms with van der Waals surface area (Å²) in [5.74, 6) is -0.497. The Morgan fingerprint density at radius 3 is 1.39 bits per heavy atom. The Hall–Kier alpha value is -2.66. The second-order valence-electron chi connectivity index (χ2n) is 15.3. The van der Waals surface area contributed by atoms with Crippen LogP contribution in [0.1, 0.15) is 213 Å². The minimum absolute atomic E-state index is 0.0424. The van der Waals surface area contributed by atoms with E-state index in [2.05, 4.69) is 87.6 Å². The van der Waals surface area contributed by atoms with Crippen LogP contribution in [0.3, 0.4) is 0 Å². The minimum Gasteiger partial charge on any atom is -0.462 e. The number of carbonyl (C=O) groups is 2. The van der Waals surface area contributed by atoms with E-state index in [0.29, 0.717) is 25.9 Å². The van der Waals surface area contributed by atoms with Gasteiger partial charge in [-0.3, -0.25) is 9.59 Å². The predicted molar refractivity (Wildman–Crippen MR) is 242 cm³/mol. The molecule has 0 aliphatic rings. The van der Waals surface area contributed by atoms with Gasteiger partial charge in [-0.25, -0.2) is 0 Å². The van der Waals surface area contributed by atoms with E-state index in [9.17, 15) is 9.59 Å². The van der Waals surface area contributed by atoms with Gasteiger partial charge in [-0.05, 0) is 77.0 Å². The first-order valence-electron chi connectivity index (χ1n) is 23.5. The lowest BCUT2D eigenvalue weighted by Gasteiger charge is -2.18. The zero-order valence-corrected chi connectivity index (χ0v) is 36.9. The van der Waals surface area contributed by atoms with Crippen LogP contribution in [0, 0.1) is 0 Å². The monoisotopic (exact) mass is 781 g/mol. The van der Waals surface area contributed by atoms with E-state index in [1.807, 2.05) is 6.08 Å². The quantitative estimate of drug-likeness (QED) is 0.0351. The van der Waals surface area contributed by atoms with Crippen molar-refractivity contribution in [3.8, 4) is 0 Å². The SMILES string of the molecule is CC/C=C\C/C=C\C/C=C\C/C=C\CCC(=O)OCC(COCCCCCCCC/C=C\C/C=C\CCCCC)OC(=O)CCCCCCCCCCCCC. The second-order valence-corrected chi connectivity index (χ2v) is 15.3. The first kappa shape index (κ1) is 53.3. The maximum Gasteiger partial charge on any atom is 0.306 e. The summed E-state index contributed by atoms with van der Waals surface area (Å²) in [7, 11) is 0. The molecule has 1 unspecified atom stereocenters. The van der Waals surface area contributed by atoms with Crippen LogP contribution in [-0.4, -0.2) is 37.9 Å². The summed E-state index contributed by atoms with van der Waals surface area (Å²) in [6, 6.07) is 0. The van der Waals surface area contributed by atoms with Crippen molar-refractivity contribution in [1.82, 2.24) is 0 Å². The minimum atomic E-state index is -0.568. The molecule has 5 heteroatoms. The fourth-order valence-electron chi connectivity index (χ4n) is 6.26. The molecule has 0 radical (unpaired) electrons. The van der Waals surface area contributed by atoms with Crippen molar-refractivity contribution in [3.63, 3.8) is 0 Å². The lowest BCUT2D eigenvalue weighted by atomic mass is 10.1. The average molecular weight is 781 g/mol. The van der Waals surface area contributed by atoms with Crippen LogP contribution in [0.15, 0.2) is 72.9 Å². The summed E-state index contributed by atoms with van der Waals surface area (Å²) in [5.41, 5.74) is 0. The van der Waals surface area contributed by atoms with Crippen LogP contribution in [0.4, 0.5) is 0 Å². The van der Waals surface area contributed by atoms with Gasteiger partial charge in [0.15, 0.2) is 6.10 Å². The van der Waals surface area contributed by atoms with E-state index in [4.69, 9.17) is 14.2 Å². The first-order chi connectivity index (χ1) is 27.6. The van der Waals surface area contributed by atoms with Crippen molar-refractivity contribution in [2.24, 2.45) is 0 Å². The Balaban J connectivity index is 4.35. The molecule has 322 valence electrons. The van der Waals surface area contributed by atoms with Crippen molar-refractivity contribution < 1.29 is 23.8 Å². The van der Waals surface area contributed by atoms with Gasteiger partial charge in [0.25, 0.3) is 0 Å². The van der Waals surface area contributed by atoms with Gasteiger partial charge in [-0.1, -0.05) is 196 Å². The third-order valence-corrected chi connectivity index (χ3v) is 9.74. The van der Waals surface area contributed by atoms with Gasteiger partial charge in [0, 0.05) is 19.4 Å². The fourth-order valence-corrected chi connectivity index (χ4v) is 6.26. The highest BCUT2D eigenvalue weighted by Gasteiger charge is 2.17. The van der Waals surface area contributed by atoms with Crippen LogP contribution in [-0.2, 0) is 23.8 Å². The van der Waals surface area contributed by atoms with Crippen LogP contribution < -0.4 is 0 Å². The lowest BCUT2D eigenvalue weighted by molar-refractivity contribution is -0.162. The Labute approximate surface area is 347 Å². The molecule has 1 atom stereocenters. The molecular weight excluding hydrogens is 693 g/mol. The number of hydrogen-bond acceptors (Lipinski definition) is 5. The number of ether oxygens (including phenoxy) is 3. The molecule has 0 N–H and O–H groups in total. The second kappa shape index (κ2) is 46.7. The summed E-state index contributed by atoms with van der Waals surface area (Å²) < 4.78 is 17.2. The van der Waals surface area contributed by atoms with E-state index in [0.717, 1.165) is 57.8 Å². The Morgan fingerprint density at radius 1 is 0.411 bits per heavy atom. The molecular formula is C51H88O5. The van der Waals surface area contributed by atoms with Gasteiger partial charge >= 0.3 is 11.9 Å². The normalized spacial score (nSPS) is 12.8. The molecule has 0 saturated heterocycles. The summed E-state index contributed by atoms with van der Waals surface area (Å²) in [6.45, 7) is 7.58. The van der Waals surface area contributed by atoms with Crippen LogP contribution in [0.25, 0.3) is 0 Å². The van der Waals surface area contributed by atoms with Gasteiger partial charge in [0.1, 0.15) is 6.61 Å². The largest absolute Gasteiger partial charge is 0.462 e. The van der Waals surface area contributed by atoms with Crippen LogP contribution >= 0.6 is 0 Å². The zero-order chi connectivity index (χ0) is 40.7. The average Bonchev–Trinajstić information content (AvgIpc) is 3.20.